The molecule has 1 saturated heterocycles. The molecule has 18 heavy (non-hydrogen) atoms. The van der Waals surface area contributed by atoms with Crippen molar-refractivity contribution in [3.63, 3.8) is 0 Å². The van der Waals surface area contributed by atoms with Gasteiger partial charge in [0.25, 0.3) is 0 Å². The second kappa shape index (κ2) is 6.30. The molecule has 0 aliphatic carbocycles. The zero-order chi connectivity index (χ0) is 13.0. The van der Waals surface area contributed by atoms with Crippen LogP contribution in [0.3, 0.4) is 0 Å². The fourth-order valence-corrected chi connectivity index (χ4v) is 3.18. The van der Waals surface area contributed by atoms with Crippen LogP contribution in [0.15, 0.2) is 24.5 Å². The number of pyridine rings is 1. The maximum absolute atomic E-state index is 4.15. The fourth-order valence-electron chi connectivity index (χ4n) is 3.18. The second-order valence-electron chi connectivity index (χ2n) is 5.52. The Morgan fingerprint density at radius 1 is 1.39 bits per heavy atom. The summed E-state index contributed by atoms with van der Waals surface area (Å²) in [4.78, 5) is 6.79. The predicted molar refractivity (Wildman–Crippen MR) is 75.5 cm³/mol. The lowest BCUT2D eigenvalue weighted by atomic mass is 9.84. The average Bonchev–Trinajstić information content (AvgIpc) is 2.40. The SMILES string of the molecule is CNCC1CCCN(C(C)C)C1c1ccncc1. The summed E-state index contributed by atoms with van der Waals surface area (Å²) in [6.07, 6.45) is 6.46. The van der Waals surface area contributed by atoms with Gasteiger partial charge in [-0.1, -0.05) is 0 Å². The van der Waals surface area contributed by atoms with Crippen LogP contribution in [0.4, 0.5) is 0 Å². The van der Waals surface area contributed by atoms with E-state index in [1.165, 1.54) is 24.9 Å². The van der Waals surface area contributed by atoms with Crippen molar-refractivity contribution in [2.45, 2.75) is 38.8 Å². The fraction of sp³-hybridized carbons (Fsp3) is 0.667. The molecule has 1 N–H and O–H groups in total. The summed E-state index contributed by atoms with van der Waals surface area (Å²) >= 11 is 0. The van der Waals surface area contributed by atoms with E-state index in [4.69, 9.17) is 0 Å². The summed E-state index contributed by atoms with van der Waals surface area (Å²) < 4.78 is 0. The molecule has 2 heterocycles. The van der Waals surface area contributed by atoms with Crippen molar-refractivity contribution in [1.29, 1.82) is 0 Å². The van der Waals surface area contributed by atoms with Crippen molar-refractivity contribution in [2.75, 3.05) is 20.1 Å². The third-order valence-corrected chi connectivity index (χ3v) is 3.97. The Morgan fingerprint density at radius 3 is 2.72 bits per heavy atom. The van der Waals surface area contributed by atoms with Gasteiger partial charge >= 0.3 is 0 Å². The molecule has 1 aliphatic heterocycles. The molecule has 2 atom stereocenters. The van der Waals surface area contributed by atoms with E-state index in [9.17, 15) is 0 Å². The number of piperidine rings is 1. The van der Waals surface area contributed by atoms with Crippen LogP contribution < -0.4 is 5.32 Å². The lowest BCUT2D eigenvalue weighted by Gasteiger charge is -2.44. The van der Waals surface area contributed by atoms with Gasteiger partial charge in [-0.2, -0.15) is 0 Å². The Kier molecular flexibility index (Phi) is 4.72. The van der Waals surface area contributed by atoms with Gasteiger partial charge in [-0.15, -0.1) is 0 Å². The molecule has 0 spiro atoms. The zero-order valence-electron chi connectivity index (χ0n) is 11.8. The first-order valence-electron chi connectivity index (χ1n) is 7.04. The first kappa shape index (κ1) is 13.5. The van der Waals surface area contributed by atoms with Crippen molar-refractivity contribution >= 4 is 0 Å². The molecule has 2 unspecified atom stereocenters. The van der Waals surface area contributed by atoms with Gasteiger partial charge in [0.15, 0.2) is 0 Å². The highest BCUT2D eigenvalue weighted by molar-refractivity contribution is 5.17. The molecule has 1 fully saturated rings. The number of rotatable bonds is 4. The molecular weight excluding hydrogens is 222 g/mol. The van der Waals surface area contributed by atoms with Gasteiger partial charge in [-0.05, 0) is 70.4 Å². The smallest absolute Gasteiger partial charge is 0.0392 e. The molecule has 1 aromatic heterocycles. The highest BCUT2D eigenvalue weighted by Crippen LogP contribution is 2.36. The third kappa shape index (κ3) is 2.90. The molecule has 0 amide bonds. The average molecular weight is 247 g/mol. The van der Waals surface area contributed by atoms with Crippen LogP contribution in [0.1, 0.15) is 38.3 Å². The van der Waals surface area contributed by atoms with E-state index in [2.05, 4.69) is 48.2 Å². The first-order valence-corrected chi connectivity index (χ1v) is 7.04. The van der Waals surface area contributed by atoms with Crippen molar-refractivity contribution < 1.29 is 0 Å². The third-order valence-electron chi connectivity index (χ3n) is 3.97. The summed E-state index contributed by atoms with van der Waals surface area (Å²) in [6.45, 7) is 6.91. The van der Waals surface area contributed by atoms with Gasteiger partial charge in [0.1, 0.15) is 0 Å². The van der Waals surface area contributed by atoms with E-state index in [1.54, 1.807) is 0 Å². The summed E-state index contributed by atoms with van der Waals surface area (Å²) in [7, 11) is 2.05. The number of hydrogen-bond donors (Lipinski definition) is 1. The Bertz CT molecular complexity index is 348. The topological polar surface area (TPSA) is 28.2 Å². The standard InChI is InChI=1S/C15H25N3/c1-12(2)18-10-4-5-14(11-16-3)15(18)13-6-8-17-9-7-13/h6-9,12,14-16H,4-5,10-11H2,1-3H3. The molecule has 3 nitrogen and oxygen atoms in total. The highest BCUT2D eigenvalue weighted by atomic mass is 15.2. The van der Waals surface area contributed by atoms with Crippen molar-refractivity contribution in [3.05, 3.63) is 30.1 Å². The molecule has 100 valence electrons. The Labute approximate surface area is 111 Å². The first-order chi connectivity index (χ1) is 8.74. The van der Waals surface area contributed by atoms with Crippen LogP contribution in [0.5, 0.6) is 0 Å². The Balaban J connectivity index is 2.26. The van der Waals surface area contributed by atoms with Crippen LogP contribution in [0, 0.1) is 5.92 Å². The Hall–Kier alpha value is -0.930. The van der Waals surface area contributed by atoms with Crippen molar-refractivity contribution in [3.8, 4) is 0 Å². The lowest BCUT2D eigenvalue weighted by Crippen LogP contribution is -2.45. The maximum atomic E-state index is 4.15. The molecule has 2 rings (SSSR count). The highest BCUT2D eigenvalue weighted by Gasteiger charge is 2.33. The number of likely N-dealkylation sites (tertiary alicyclic amines) is 1. The maximum Gasteiger partial charge on any atom is 0.0392 e. The predicted octanol–water partition coefficient (Wildman–Crippen LogP) is 2.46. The second-order valence-corrected chi connectivity index (χ2v) is 5.52. The van der Waals surface area contributed by atoms with Gasteiger partial charge in [0.05, 0.1) is 0 Å². The quantitative estimate of drug-likeness (QED) is 0.886. The number of nitrogens with one attached hydrogen (secondary N) is 1. The molecule has 3 heteroatoms. The normalized spacial score (nSPS) is 25.6. The van der Waals surface area contributed by atoms with Gasteiger partial charge < -0.3 is 5.32 Å². The van der Waals surface area contributed by atoms with Gasteiger partial charge in [-0.3, -0.25) is 9.88 Å². The zero-order valence-corrected chi connectivity index (χ0v) is 11.8. The van der Waals surface area contributed by atoms with Crippen LogP contribution in [-0.2, 0) is 0 Å². The van der Waals surface area contributed by atoms with E-state index < -0.39 is 0 Å². The van der Waals surface area contributed by atoms with Crippen molar-refractivity contribution in [2.24, 2.45) is 5.92 Å². The van der Waals surface area contributed by atoms with E-state index >= 15 is 0 Å². The van der Waals surface area contributed by atoms with Gasteiger partial charge in [0, 0.05) is 24.5 Å². The molecular formula is C15H25N3. The van der Waals surface area contributed by atoms with Crippen LogP contribution in [-0.4, -0.2) is 36.1 Å². The largest absolute Gasteiger partial charge is 0.319 e. The van der Waals surface area contributed by atoms with E-state index in [-0.39, 0.29) is 0 Å². The van der Waals surface area contributed by atoms with Gasteiger partial charge in [-0.25, -0.2) is 0 Å². The summed E-state index contributed by atoms with van der Waals surface area (Å²) in [5.74, 6) is 0.702. The van der Waals surface area contributed by atoms with E-state index in [0.29, 0.717) is 18.0 Å². The van der Waals surface area contributed by atoms with E-state index in [1.807, 2.05) is 12.4 Å². The van der Waals surface area contributed by atoms with Crippen molar-refractivity contribution in [1.82, 2.24) is 15.2 Å². The Morgan fingerprint density at radius 2 is 2.11 bits per heavy atom. The van der Waals surface area contributed by atoms with Crippen LogP contribution in [0.2, 0.25) is 0 Å². The minimum atomic E-state index is 0.536. The monoisotopic (exact) mass is 247 g/mol. The number of hydrogen-bond acceptors (Lipinski definition) is 3. The molecule has 0 bridgehead atoms. The molecule has 1 aromatic rings. The number of nitrogens with zero attached hydrogens (tertiary/aromatic N) is 2. The summed E-state index contributed by atoms with van der Waals surface area (Å²) in [5.41, 5.74) is 1.42. The minimum absolute atomic E-state index is 0.536. The molecule has 1 aliphatic rings. The van der Waals surface area contributed by atoms with Gasteiger partial charge in [0.2, 0.25) is 0 Å². The summed E-state index contributed by atoms with van der Waals surface area (Å²) in [6, 6.07) is 5.49. The summed E-state index contributed by atoms with van der Waals surface area (Å²) in [5, 5.41) is 3.35. The molecule has 0 radical (unpaired) electrons. The minimum Gasteiger partial charge on any atom is -0.319 e. The van der Waals surface area contributed by atoms with E-state index in [0.717, 1.165) is 6.54 Å². The molecule has 0 saturated carbocycles. The molecule has 0 aromatic carbocycles. The van der Waals surface area contributed by atoms with Crippen LogP contribution >= 0.6 is 0 Å². The number of aromatic nitrogens is 1. The van der Waals surface area contributed by atoms with Crippen LogP contribution in [0.25, 0.3) is 0 Å². The lowest BCUT2D eigenvalue weighted by molar-refractivity contribution is 0.0635.